The number of unbranched alkanes of at least 4 members (excludes halogenated alkanes) is 1. The van der Waals surface area contributed by atoms with E-state index in [0.29, 0.717) is 12.8 Å². The van der Waals surface area contributed by atoms with Gasteiger partial charge in [0.25, 0.3) is 0 Å². The van der Waals surface area contributed by atoms with Crippen LogP contribution in [0.3, 0.4) is 0 Å². The first-order chi connectivity index (χ1) is 11.8. The maximum atomic E-state index is 12.9. The Morgan fingerprint density at radius 3 is 2.46 bits per heavy atom. The number of aliphatic carboxylic acids is 1. The smallest absolute Gasteiger partial charge is 0.408 e. The Hall–Kier alpha value is -1.91. The van der Waals surface area contributed by atoms with Crippen molar-refractivity contribution in [3.63, 3.8) is 0 Å². The fourth-order valence-electron chi connectivity index (χ4n) is 2.50. The molecule has 0 radical (unpaired) electrons. The SMILES string of the molecule is CC(C)(C)OC(=O)N[C@@H](CCCCN1CC(S(=O)(=O)F)CC1=O)C(=O)O. The van der Waals surface area contributed by atoms with Crippen LogP contribution in [-0.2, 0) is 24.5 Å². The van der Waals surface area contributed by atoms with Crippen LogP contribution >= 0.6 is 0 Å². The van der Waals surface area contributed by atoms with E-state index in [-0.39, 0.29) is 25.9 Å². The minimum absolute atomic E-state index is 0.113. The summed E-state index contributed by atoms with van der Waals surface area (Å²) in [6.45, 7) is 4.96. The van der Waals surface area contributed by atoms with Gasteiger partial charge in [-0.15, -0.1) is 3.89 Å². The minimum atomic E-state index is -4.75. The number of ether oxygens (including phenoxy) is 1. The molecule has 1 rings (SSSR count). The topological polar surface area (TPSA) is 130 Å². The summed E-state index contributed by atoms with van der Waals surface area (Å²) >= 11 is 0. The zero-order valence-corrected chi connectivity index (χ0v) is 15.8. The number of rotatable bonds is 8. The van der Waals surface area contributed by atoms with Crippen molar-refractivity contribution < 1.29 is 36.5 Å². The zero-order valence-electron chi connectivity index (χ0n) is 15.0. The Labute approximate surface area is 152 Å². The lowest BCUT2D eigenvalue weighted by molar-refractivity contribution is -0.139. The van der Waals surface area contributed by atoms with Crippen molar-refractivity contribution in [2.75, 3.05) is 13.1 Å². The molecule has 0 aromatic heterocycles. The van der Waals surface area contributed by atoms with E-state index >= 15 is 0 Å². The first kappa shape index (κ1) is 22.1. The number of halogens is 1. The van der Waals surface area contributed by atoms with Gasteiger partial charge in [0, 0.05) is 19.5 Å². The first-order valence-corrected chi connectivity index (χ1v) is 9.68. The summed E-state index contributed by atoms with van der Waals surface area (Å²) in [5, 5.41) is 10.1. The molecule has 0 aromatic rings. The highest BCUT2D eigenvalue weighted by Gasteiger charge is 2.38. The van der Waals surface area contributed by atoms with E-state index in [0.717, 1.165) is 0 Å². The average Bonchev–Trinajstić information content (AvgIpc) is 2.81. The molecule has 0 spiro atoms. The largest absolute Gasteiger partial charge is 0.480 e. The molecule has 1 saturated heterocycles. The van der Waals surface area contributed by atoms with E-state index in [1.807, 2.05) is 0 Å². The standard InChI is InChI=1S/C15H25FN2O7S/c1-15(2,3)25-14(22)17-11(13(20)21)6-4-5-7-18-9-10(8-12(18)19)26(16,23)24/h10-11H,4-9H2,1-3H3,(H,17,22)(H,20,21)/t10?,11-/m0/s1. The second kappa shape index (κ2) is 8.65. The molecular weight excluding hydrogens is 371 g/mol. The van der Waals surface area contributed by atoms with Gasteiger partial charge in [0.1, 0.15) is 16.9 Å². The Kier molecular flexibility index (Phi) is 7.36. The van der Waals surface area contributed by atoms with Crippen molar-refractivity contribution >= 4 is 28.2 Å². The minimum Gasteiger partial charge on any atom is -0.480 e. The summed E-state index contributed by atoms with van der Waals surface area (Å²) in [5.74, 6) is -1.66. The normalized spacial score (nSPS) is 19.3. The van der Waals surface area contributed by atoms with E-state index in [4.69, 9.17) is 9.84 Å². The number of carboxylic acids is 1. The number of carbonyl (C=O) groups is 3. The second-order valence-electron chi connectivity index (χ2n) is 7.17. The molecule has 2 amide bonds. The fourth-order valence-corrected chi connectivity index (χ4v) is 3.20. The molecule has 9 nitrogen and oxygen atoms in total. The van der Waals surface area contributed by atoms with Gasteiger partial charge >= 0.3 is 22.3 Å². The molecule has 0 aromatic carbocycles. The number of nitrogens with zero attached hydrogens (tertiary/aromatic N) is 1. The van der Waals surface area contributed by atoms with E-state index in [9.17, 15) is 26.7 Å². The summed E-state index contributed by atoms with van der Waals surface area (Å²) in [7, 11) is -4.75. The second-order valence-corrected chi connectivity index (χ2v) is 8.79. The molecular formula is C15H25FN2O7S. The molecule has 0 aliphatic carbocycles. The summed E-state index contributed by atoms with van der Waals surface area (Å²) in [4.78, 5) is 35.8. The predicted octanol–water partition coefficient (Wildman–Crippen LogP) is 1.03. The van der Waals surface area contributed by atoms with Gasteiger partial charge in [0.05, 0.1) is 0 Å². The molecule has 2 atom stereocenters. The number of hydrogen-bond acceptors (Lipinski definition) is 6. The van der Waals surface area contributed by atoms with Crippen LogP contribution in [0.4, 0.5) is 8.68 Å². The molecule has 26 heavy (non-hydrogen) atoms. The molecule has 1 unspecified atom stereocenters. The average molecular weight is 396 g/mol. The van der Waals surface area contributed by atoms with Crippen molar-refractivity contribution in [1.29, 1.82) is 0 Å². The Morgan fingerprint density at radius 2 is 2.00 bits per heavy atom. The van der Waals surface area contributed by atoms with Crippen LogP contribution in [0.2, 0.25) is 0 Å². The quantitative estimate of drug-likeness (QED) is 0.463. The highest BCUT2D eigenvalue weighted by atomic mass is 32.3. The molecule has 1 aliphatic heterocycles. The number of carboxylic acid groups (broad SMARTS) is 1. The zero-order chi connectivity index (χ0) is 20.1. The number of hydrogen-bond donors (Lipinski definition) is 2. The van der Waals surface area contributed by atoms with Crippen LogP contribution in [0.15, 0.2) is 0 Å². The van der Waals surface area contributed by atoms with Gasteiger partial charge in [0.15, 0.2) is 0 Å². The van der Waals surface area contributed by atoms with E-state index < -0.39 is 45.1 Å². The third-order valence-electron chi connectivity index (χ3n) is 3.74. The van der Waals surface area contributed by atoms with Crippen molar-refractivity contribution in [3.05, 3.63) is 0 Å². The lowest BCUT2D eigenvalue weighted by atomic mass is 10.1. The maximum Gasteiger partial charge on any atom is 0.408 e. The summed E-state index contributed by atoms with van der Waals surface area (Å²) in [6.07, 6.45) is -0.345. The summed E-state index contributed by atoms with van der Waals surface area (Å²) in [5.41, 5.74) is -0.753. The van der Waals surface area contributed by atoms with Gasteiger partial charge in [0.2, 0.25) is 5.91 Å². The maximum absolute atomic E-state index is 12.9. The lowest BCUT2D eigenvalue weighted by Gasteiger charge is -2.22. The monoisotopic (exact) mass is 396 g/mol. The van der Waals surface area contributed by atoms with Crippen molar-refractivity contribution in [2.24, 2.45) is 0 Å². The molecule has 1 heterocycles. The first-order valence-electron chi connectivity index (χ1n) is 8.23. The highest BCUT2D eigenvalue weighted by molar-refractivity contribution is 7.87. The number of amides is 2. The van der Waals surface area contributed by atoms with Gasteiger partial charge in [-0.05, 0) is 40.0 Å². The van der Waals surface area contributed by atoms with E-state index in [1.165, 1.54) is 4.90 Å². The molecule has 0 saturated carbocycles. The lowest BCUT2D eigenvalue weighted by Crippen LogP contribution is -2.43. The number of alkyl carbamates (subject to hydrolysis) is 1. The van der Waals surface area contributed by atoms with Gasteiger partial charge in [-0.25, -0.2) is 9.59 Å². The Bertz CT molecular complexity index is 645. The molecule has 150 valence electrons. The molecule has 11 heteroatoms. The van der Waals surface area contributed by atoms with Crippen molar-refractivity contribution in [1.82, 2.24) is 10.2 Å². The Morgan fingerprint density at radius 1 is 1.38 bits per heavy atom. The Balaban J connectivity index is 2.41. The van der Waals surface area contributed by atoms with Gasteiger partial charge < -0.3 is 20.1 Å². The van der Waals surface area contributed by atoms with Crippen molar-refractivity contribution in [3.8, 4) is 0 Å². The molecule has 1 fully saturated rings. The van der Waals surface area contributed by atoms with Gasteiger partial charge in [-0.2, -0.15) is 8.42 Å². The van der Waals surface area contributed by atoms with Crippen LogP contribution in [0.5, 0.6) is 0 Å². The van der Waals surface area contributed by atoms with Crippen molar-refractivity contribution in [2.45, 2.75) is 63.3 Å². The van der Waals surface area contributed by atoms with Crippen LogP contribution < -0.4 is 5.32 Å². The number of likely N-dealkylation sites (tertiary alicyclic amines) is 1. The highest BCUT2D eigenvalue weighted by Crippen LogP contribution is 2.20. The summed E-state index contributed by atoms with van der Waals surface area (Å²) < 4.78 is 39.7. The van der Waals surface area contributed by atoms with Gasteiger partial charge in [-0.3, -0.25) is 4.79 Å². The predicted molar refractivity (Wildman–Crippen MR) is 89.7 cm³/mol. The van der Waals surface area contributed by atoms with E-state index in [2.05, 4.69) is 5.32 Å². The fraction of sp³-hybridized carbons (Fsp3) is 0.800. The van der Waals surface area contributed by atoms with Crippen LogP contribution in [0.1, 0.15) is 46.5 Å². The molecule has 2 N–H and O–H groups in total. The molecule has 0 bridgehead atoms. The molecule has 1 aliphatic rings. The van der Waals surface area contributed by atoms with Gasteiger partial charge in [-0.1, -0.05) is 0 Å². The third kappa shape index (κ3) is 7.54. The van der Waals surface area contributed by atoms with Crippen LogP contribution in [0, 0.1) is 0 Å². The summed E-state index contributed by atoms with van der Waals surface area (Å²) in [6, 6.07) is -1.14. The van der Waals surface area contributed by atoms with E-state index in [1.54, 1.807) is 20.8 Å². The van der Waals surface area contributed by atoms with Crippen LogP contribution in [0.25, 0.3) is 0 Å². The number of nitrogens with one attached hydrogen (secondary N) is 1. The number of carbonyl (C=O) groups excluding carboxylic acids is 2. The third-order valence-corrected chi connectivity index (χ3v) is 4.85. The van der Waals surface area contributed by atoms with Crippen LogP contribution in [-0.4, -0.2) is 66.4 Å².